The first-order chi connectivity index (χ1) is 24.1. The van der Waals surface area contributed by atoms with Gasteiger partial charge in [-0.3, -0.25) is 4.55 Å². The third-order valence-corrected chi connectivity index (χ3v) is 7.33. The monoisotopic (exact) mass is 734 g/mol. The SMILES string of the molecule is CCCCCCCCCCCCCCCCOCCOCCOCCOCCOCCOCCOCCOCCOCCOOS(=O)(=O)O. The molecule has 0 aliphatic heterocycles. The number of hydrogen-bond acceptors (Lipinski definition) is 13. The zero-order valence-corrected chi connectivity index (χ0v) is 31.3. The molecule has 0 fully saturated rings. The molecule has 0 aliphatic carbocycles. The van der Waals surface area contributed by atoms with E-state index in [1.165, 1.54) is 83.5 Å². The van der Waals surface area contributed by atoms with E-state index in [0.717, 1.165) is 13.0 Å². The van der Waals surface area contributed by atoms with Gasteiger partial charge >= 0.3 is 10.4 Å². The summed E-state index contributed by atoms with van der Waals surface area (Å²) < 4.78 is 81.4. The van der Waals surface area contributed by atoms with Crippen LogP contribution in [0.25, 0.3) is 0 Å². The van der Waals surface area contributed by atoms with Gasteiger partial charge in [-0.05, 0) is 6.42 Å². The largest absolute Gasteiger partial charge is 0.424 e. The summed E-state index contributed by atoms with van der Waals surface area (Å²) in [4.78, 5) is 4.22. The van der Waals surface area contributed by atoms with Crippen LogP contribution >= 0.6 is 0 Å². The van der Waals surface area contributed by atoms with Crippen LogP contribution in [0.4, 0.5) is 0 Å². The number of unbranched alkanes of at least 4 members (excludes halogenated alkanes) is 13. The Morgan fingerprint density at radius 1 is 0.327 bits per heavy atom. The highest BCUT2D eigenvalue weighted by molar-refractivity contribution is 7.80. The van der Waals surface area contributed by atoms with E-state index in [0.29, 0.717) is 106 Å². The third kappa shape index (κ3) is 47.5. The molecule has 0 aromatic heterocycles. The van der Waals surface area contributed by atoms with Crippen LogP contribution in [0.1, 0.15) is 96.8 Å². The fourth-order valence-corrected chi connectivity index (χ4v) is 4.64. The van der Waals surface area contributed by atoms with Gasteiger partial charge < -0.3 is 42.6 Å². The summed E-state index contributed by atoms with van der Waals surface area (Å²) in [5.74, 6) is 0. The number of ether oxygens (including phenoxy) is 9. The van der Waals surface area contributed by atoms with Crippen molar-refractivity contribution in [3.8, 4) is 0 Å². The average molecular weight is 735 g/mol. The first kappa shape index (κ1) is 48.5. The molecule has 0 saturated heterocycles. The second-order valence-electron chi connectivity index (χ2n) is 11.4. The van der Waals surface area contributed by atoms with E-state index in [1.807, 2.05) is 0 Å². The van der Waals surface area contributed by atoms with Crippen molar-refractivity contribution in [3.63, 3.8) is 0 Å². The quantitative estimate of drug-likeness (QED) is 0.0369. The molecule has 296 valence electrons. The van der Waals surface area contributed by atoms with Crippen molar-refractivity contribution in [1.29, 1.82) is 0 Å². The van der Waals surface area contributed by atoms with Gasteiger partial charge in [-0.25, -0.2) is 4.89 Å². The standard InChI is InChI=1S/C34H70O14S/c1-2-3-4-5-6-7-8-9-10-11-12-13-14-15-16-38-17-18-39-19-20-40-21-22-41-23-24-42-25-26-43-27-28-44-29-30-45-31-32-46-33-34-47-48-49(35,36)37/h2-34H2,1H3,(H,35,36,37). The third-order valence-electron chi connectivity index (χ3n) is 7.06. The van der Waals surface area contributed by atoms with Gasteiger partial charge in [0.05, 0.1) is 112 Å². The lowest BCUT2D eigenvalue weighted by atomic mass is 10.0. The summed E-state index contributed by atoms with van der Waals surface area (Å²) in [7, 11) is -4.60. The van der Waals surface area contributed by atoms with Crippen LogP contribution in [0.15, 0.2) is 0 Å². The minimum atomic E-state index is -4.60. The van der Waals surface area contributed by atoms with E-state index < -0.39 is 10.4 Å². The minimum Gasteiger partial charge on any atom is -0.379 e. The number of hydrogen-bond donors (Lipinski definition) is 1. The molecule has 0 radical (unpaired) electrons. The van der Waals surface area contributed by atoms with Gasteiger partial charge in [0.2, 0.25) is 0 Å². The fraction of sp³-hybridized carbons (Fsp3) is 1.00. The molecule has 0 heterocycles. The molecule has 0 aliphatic rings. The molecule has 0 aromatic carbocycles. The average Bonchev–Trinajstić information content (AvgIpc) is 3.08. The smallest absolute Gasteiger partial charge is 0.379 e. The molecule has 0 rings (SSSR count). The van der Waals surface area contributed by atoms with Crippen LogP contribution in [0.5, 0.6) is 0 Å². The maximum atomic E-state index is 10.2. The highest BCUT2D eigenvalue weighted by Crippen LogP contribution is 2.13. The van der Waals surface area contributed by atoms with Crippen molar-refractivity contribution < 1.29 is 64.8 Å². The topological polar surface area (TPSA) is 156 Å². The molecular weight excluding hydrogens is 664 g/mol. The zero-order valence-electron chi connectivity index (χ0n) is 30.5. The van der Waals surface area contributed by atoms with E-state index in [1.54, 1.807) is 0 Å². The first-order valence-electron chi connectivity index (χ1n) is 18.5. The van der Waals surface area contributed by atoms with Gasteiger partial charge in [0.25, 0.3) is 0 Å². The molecule has 1 N–H and O–H groups in total. The molecule has 0 spiro atoms. The van der Waals surface area contributed by atoms with Crippen molar-refractivity contribution in [2.75, 3.05) is 126 Å². The lowest BCUT2D eigenvalue weighted by Gasteiger charge is -2.09. The predicted octanol–water partition coefficient (Wildman–Crippen LogP) is 5.37. The van der Waals surface area contributed by atoms with Crippen LogP contribution in [0.2, 0.25) is 0 Å². The molecule has 0 amide bonds. The molecule has 0 unspecified atom stereocenters. The fourth-order valence-electron chi connectivity index (χ4n) is 4.45. The van der Waals surface area contributed by atoms with Gasteiger partial charge in [0, 0.05) is 6.61 Å². The maximum absolute atomic E-state index is 10.2. The highest BCUT2D eigenvalue weighted by Gasteiger charge is 2.04. The van der Waals surface area contributed by atoms with Crippen LogP contribution in [-0.4, -0.2) is 139 Å². The van der Waals surface area contributed by atoms with Crippen molar-refractivity contribution in [2.24, 2.45) is 0 Å². The normalized spacial score (nSPS) is 12.0. The summed E-state index contributed by atoms with van der Waals surface area (Å²) >= 11 is 0. The molecular formula is C34H70O14S. The van der Waals surface area contributed by atoms with Crippen LogP contribution in [0, 0.1) is 0 Å². The Bertz CT molecular complexity index is 717. The minimum absolute atomic E-state index is 0.0886. The Balaban J connectivity index is 3.06. The van der Waals surface area contributed by atoms with Gasteiger partial charge in [-0.15, -0.1) is 0 Å². The molecule has 0 saturated carbocycles. The summed E-state index contributed by atoms with van der Waals surface area (Å²) in [5.41, 5.74) is 0. The van der Waals surface area contributed by atoms with Crippen molar-refractivity contribution in [3.05, 3.63) is 0 Å². The Morgan fingerprint density at radius 3 is 0.816 bits per heavy atom. The Labute approximate surface area is 297 Å². The summed E-state index contributed by atoms with van der Waals surface area (Å²) in [5, 5.41) is 0. The van der Waals surface area contributed by atoms with Crippen molar-refractivity contribution in [2.45, 2.75) is 96.8 Å². The lowest BCUT2D eigenvalue weighted by Crippen LogP contribution is -2.15. The molecule has 15 heteroatoms. The zero-order chi connectivity index (χ0) is 35.6. The van der Waals surface area contributed by atoms with Gasteiger partial charge in [-0.2, -0.15) is 8.42 Å². The summed E-state index contributed by atoms with van der Waals surface area (Å²) in [6.45, 7) is 10.7. The Hall–Kier alpha value is -0.530. The second-order valence-corrected chi connectivity index (χ2v) is 12.4. The van der Waals surface area contributed by atoms with Crippen molar-refractivity contribution >= 4 is 10.4 Å². The predicted molar refractivity (Wildman–Crippen MR) is 186 cm³/mol. The van der Waals surface area contributed by atoms with E-state index in [-0.39, 0.29) is 13.2 Å². The van der Waals surface area contributed by atoms with Crippen LogP contribution in [0.3, 0.4) is 0 Å². The molecule has 0 bridgehead atoms. The summed E-state index contributed by atoms with van der Waals surface area (Å²) in [6, 6.07) is 0. The van der Waals surface area contributed by atoms with E-state index >= 15 is 0 Å². The van der Waals surface area contributed by atoms with Crippen LogP contribution < -0.4 is 0 Å². The lowest BCUT2D eigenvalue weighted by molar-refractivity contribution is -0.216. The molecule has 49 heavy (non-hydrogen) atoms. The Kier molecular flexibility index (Phi) is 41.4. The first-order valence-corrected chi connectivity index (χ1v) is 19.9. The van der Waals surface area contributed by atoms with Gasteiger partial charge in [0.15, 0.2) is 0 Å². The van der Waals surface area contributed by atoms with E-state index in [2.05, 4.69) is 16.1 Å². The van der Waals surface area contributed by atoms with Crippen LogP contribution in [-0.2, 0) is 62.3 Å². The van der Waals surface area contributed by atoms with Gasteiger partial charge in [0.1, 0.15) is 6.61 Å². The Morgan fingerprint density at radius 2 is 0.551 bits per heavy atom. The highest BCUT2D eigenvalue weighted by atomic mass is 32.3. The van der Waals surface area contributed by atoms with Gasteiger partial charge in [-0.1, -0.05) is 94.7 Å². The van der Waals surface area contributed by atoms with Crippen molar-refractivity contribution in [1.82, 2.24) is 0 Å². The maximum Gasteiger partial charge on any atom is 0.424 e. The summed E-state index contributed by atoms with van der Waals surface area (Å²) in [6.07, 6.45) is 19.1. The molecule has 14 nitrogen and oxygen atoms in total. The van der Waals surface area contributed by atoms with E-state index in [9.17, 15) is 8.42 Å². The molecule has 0 atom stereocenters. The molecule has 0 aromatic rings. The number of rotatable bonds is 44. The second kappa shape index (κ2) is 41.9. The van der Waals surface area contributed by atoms with E-state index in [4.69, 9.17) is 47.2 Å².